The van der Waals surface area contributed by atoms with Crippen LogP contribution in [0.3, 0.4) is 0 Å². The van der Waals surface area contributed by atoms with E-state index in [9.17, 15) is 0 Å². The smallest absolute Gasteiger partial charge is 0.128 e. The molecule has 1 saturated heterocycles. The molecule has 1 aromatic rings. The zero-order chi connectivity index (χ0) is 21.0. The van der Waals surface area contributed by atoms with Gasteiger partial charge < -0.3 is 4.57 Å². The Morgan fingerprint density at radius 1 is 0.871 bits per heavy atom. The van der Waals surface area contributed by atoms with Gasteiger partial charge in [0.1, 0.15) is 8.24 Å². The fraction of sp³-hybridized carbons (Fsp3) is 0.370. The summed E-state index contributed by atoms with van der Waals surface area (Å²) in [7, 11) is -1.79. The molecule has 6 atom stereocenters. The Morgan fingerprint density at radius 2 is 1.55 bits per heavy atom. The topological polar surface area (TPSA) is 28.2 Å². The van der Waals surface area contributed by atoms with E-state index in [4.69, 9.17) is 0 Å². The number of aromatic nitrogens is 1. The first-order valence-electron chi connectivity index (χ1n) is 11.7. The van der Waals surface area contributed by atoms with E-state index < -0.39 is 8.24 Å². The molecule has 0 radical (unpaired) electrons. The number of allylic oxidation sites excluding steroid dienone is 10. The van der Waals surface area contributed by atoms with Crippen LogP contribution in [0.15, 0.2) is 91.2 Å². The van der Waals surface area contributed by atoms with Gasteiger partial charge in [-0.1, -0.05) is 86.0 Å². The van der Waals surface area contributed by atoms with Crippen LogP contribution in [0.5, 0.6) is 0 Å². The van der Waals surface area contributed by atoms with Crippen LogP contribution in [0.25, 0.3) is 5.57 Å². The van der Waals surface area contributed by atoms with E-state index in [-0.39, 0.29) is 0 Å². The zero-order valence-corrected chi connectivity index (χ0v) is 19.3. The highest BCUT2D eigenvalue weighted by Gasteiger charge is 2.57. The maximum absolute atomic E-state index is 4.65. The summed E-state index contributed by atoms with van der Waals surface area (Å²) in [6.07, 6.45) is 27.9. The number of hydrogen-bond acceptors (Lipinski definition) is 3. The third-order valence-electron chi connectivity index (χ3n) is 8.34. The maximum Gasteiger partial charge on any atom is 0.128 e. The molecule has 4 aliphatic carbocycles. The van der Waals surface area contributed by atoms with Gasteiger partial charge in [-0.15, -0.1) is 0 Å². The highest BCUT2D eigenvalue weighted by molar-refractivity contribution is 6.76. The van der Waals surface area contributed by atoms with Crippen LogP contribution in [0.4, 0.5) is 0 Å². The van der Waals surface area contributed by atoms with Gasteiger partial charge in [0, 0.05) is 18.9 Å². The van der Waals surface area contributed by atoms with Crippen LogP contribution < -0.4 is 5.32 Å². The molecule has 0 amide bonds. The molecule has 158 valence electrons. The Bertz CT molecular complexity index is 998. The summed E-state index contributed by atoms with van der Waals surface area (Å²) < 4.78 is 2.85. The summed E-state index contributed by atoms with van der Waals surface area (Å²) in [6.45, 7) is 6.20. The second-order valence-electron chi connectivity index (χ2n) is 10.1. The van der Waals surface area contributed by atoms with Gasteiger partial charge in [-0.3, -0.25) is 10.3 Å². The molecule has 4 heteroatoms. The molecule has 0 bridgehead atoms. The Balaban J connectivity index is 1.33. The van der Waals surface area contributed by atoms with Crippen molar-refractivity contribution < 1.29 is 0 Å². The van der Waals surface area contributed by atoms with Crippen LogP contribution >= 0.6 is 0 Å². The highest BCUT2D eigenvalue weighted by atomic mass is 28.3. The molecule has 1 saturated carbocycles. The Morgan fingerprint density at radius 3 is 2.19 bits per heavy atom. The molecule has 5 unspecified atom stereocenters. The van der Waals surface area contributed by atoms with Crippen molar-refractivity contribution in [1.29, 1.82) is 0 Å². The summed E-state index contributed by atoms with van der Waals surface area (Å²) in [5.74, 6) is 2.58. The van der Waals surface area contributed by atoms with Gasteiger partial charge in [0.15, 0.2) is 0 Å². The molecule has 1 aliphatic heterocycles. The van der Waals surface area contributed by atoms with Gasteiger partial charge in [0.2, 0.25) is 0 Å². The van der Waals surface area contributed by atoms with Gasteiger partial charge in [0.25, 0.3) is 0 Å². The molecule has 3 nitrogen and oxygen atoms in total. The van der Waals surface area contributed by atoms with Gasteiger partial charge in [-0.05, 0) is 46.9 Å². The van der Waals surface area contributed by atoms with Crippen LogP contribution in [0.1, 0.15) is 5.69 Å². The van der Waals surface area contributed by atoms with E-state index >= 15 is 0 Å². The summed E-state index contributed by atoms with van der Waals surface area (Å²) in [5.41, 5.74) is 3.13. The van der Waals surface area contributed by atoms with Crippen molar-refractivity contribution in [3.05, 3.63) is 96.9 Å². The summed E-state index contributed by atoms with van der Waals surface area (Å²) in [4.78, 5) is 4.65. The lowest BCUT2D eigenvalue weighted by molar-refractivity contribution is 0.409. The number of rotatable bonds is 3. The monoisotopic (exact) mass is 425 g/mol. The van der Waals surface area contributed by atoms with E-state index in [1.54, 1.807) is 0 Å². The minimum Gasteiger partial charge on any atom is -0.304 e. The number of nitrogens with one attached hydrogen (secondary N) is 1. The first kappa shape index (κ1) is 19.4. The number of nitrogens with zero attached hydrogens (tertiary/aromatic N) is 2. The quantitative estimate of drug-likeness (QED) is 0.695. The fourth-order valence-electron chi connectivity index (χ4n) is 7.02. The fourth-order valence-corrected chi connectivity index (χ4v) is 11.5. The van der Waals surface area contributed by atoms with Crippen LogP contribution in [0.2, 0.25) is 18.6 Å². The molecular weight excluding hydrogens is 394 g/mol. The van der Waals surface area contributed by atoms with Crippen molar-refractivity contribution in [3.63, 3.8) is 0 Å². The third-order valence-corrected chi connectivity index (χ3v) is 12.7. The first-order chi connectivity index (χ1) is 15.2. The molecular formula is C27H31N3Si. The normalized spacial score (nSPS) is 38.1. The van der Waals surface area contributed by atoms with Crippen LogP contribution in [-0.2, 0) is 0 Å². The van der Waals surface area contributed by atoms with Crippen LogP contribution in [0, 0.1) is 23.7 Å². The average molecular weight is 426 g/mol. The van der Waals surface area contributed by atoms with E-state index in [1.165, 1.54) is 5.57 Å². The molecule has 5 aliphatic rings. The zero-order valence-electron chi connectivity index (χ0n) is 18.3. The van der Waals surface area contributed by atoms with Gasteiger partial charge in [-0.25, -0.2) is 0 Å². The third kappa shape index (κ3) is 2.96. The van der Waals surface area contributed by atoms with Crippen molar-refractivity contribution in [2.75, 3.05) is 6.67 Å². The van der Waals surface area contributed by atoms with E-state index in [1.807, 2.05) is 12.3 Å². The van der Waals surface area contributed by atoms with Gasteiger partial charge in [-0.2, -0.15) is 0 Å². The molecule has 1 N–H and O–H groups in total. The second-order valence-corrected chi connectivity index (χ2v) is 14.6. The summed E-state index contributed by atoms with van der Waals surface area (Å²) in [5, 5.41) is 3.87. The largest absolute Gasteiger partial charge is 0.304 e. The van der Waals surface area contributed by atoms with E-state index in [2.05, 4.69) is 107 Å². The molecule has 31 heavy (non-hydrogen) atoms. The molecule has 6 rings (SSSR count). The van der Waals surface area contributed by atoms with E-state index in [0.717, 1.165) is 12.4 Å². The summed E-state index contributed by atoms with van der Waals surface area (Å²) >= 11 is 0. The van der Waals surface area contributed by atoms with Crippen molar-refractivity contribution >= 4 is 13.8 Å². The maximum atomic E-state index is 4.65. The van der Waals surface area contributed by atoms with Crippen molar-refractivity contribution in [2.24, 2.45) is 23.7 Å². The molecule has 0 aromatic carbocycles. The van der Waals surface area contributed by atoms with Crippen molar-refractivity contribution in [1.82, 2.24) is 14.9 Å². The number of pyridine rings is 1. The summed E-state index contributed by atoms with van der Waals surface area (Å²) in [6, 6.07) is 6.96. The number of fused-ring (bicyclic) bond motifs is 4. The Hall–Kier alpha value is -2.27. The minimum atomic E-state index is -1.79. The Kier molecular flexibility index (Phi) is 4.64. The molecule has 2 fully saturated rings. The lowest BCUT2D eigenvalue weighted by Crippen LogP contribution is -2.57. The highest BCUT2D eigenvalue weighted by Crippen LogP contribution is 2.59. The van der Waals surface area contributed by atoms with Crippen LogP contribution in [-0.4, -0.2) is 36.5 Å². The average Bonchev–Trinajstić information content (AvgIpc) is 3.40. The SMILES string of the molecule is C[Si](C)(C1C2C=CC=CC2C2C=CC=CC21)N1CNC2C(c3ccccn3)=CC=C[C@H]21. The predicted molar refractivity (Wildman–Crippen MR) is 131 cm³/mol. The van der Waals surface area contributed by atoms with E-state index in [0.29, 0.717) is 41.3 Å². The lowest BCUT2D eigenvalue weighted by Gasteiger charge is -2.46. The number of hydrogen-bond donors (Lipinski definition) is 1. The minimum absolute atomic E-state index is 0.322. The standard InChI is InChI=1S/C27H31N3Si/c1-31(2,27-21-12-5-3-10-19(21)20-11-4-6-13-22(20)27)30-18-29-26-23(14-9-16-25(26)30)24-15-7-8-17-28-24/h3-17,19-22,25-27,29H,18H2,1-2H3/t19?,20?,21?,22?,25-,26?,27?/m1/s1. The molecule has 2 heterocycles. The lowest BCUT2D eigenvalue weighted by atomic mass is 9.83. The van der Waals surface area contributed by atoms with Gasteiger partial charge >= 0.3 is 0 Å². The molecule has 1 aromatic heterocycles. The van der Waals surface area contributed by atoms with Crippen molar-refractivity contribution in [3.8, 4) is 0 Å². The molecule has 0 spiro atoms. The predicted octanol–water partition coefficient (Wildman–Crippen LogP) is 4.94. The second kappa shape index (κ2) is 7.40. The Labute approximate surface area is 186 Å². The van der Waals surface area contributed by atoms with Gasteiger partial charge in [0.05, 0.1) is 11.7 Å². The first-order valence-corrected chi connectivity index (χ1v) is 14.7. The van der Waals surface area contributed by atoms with Crippen molar-refractivity contribution in [2.45, 2.75) is 30.7 Å².